The Morgan fingerprint density at radius 2 is 1.96 bits per heavy atom. The van der Waals surface area contributed by atoms with E-state index in [0.717, 1.165) is 24.9 Å². The lowest BCUT2D eigenvalue weighted by molar-refractivity contribution is 0.0791. The average Bonchev–Trinajstić information content (AvgIpc) is 2.60. The van der Waals surface area contributed by atoms with E-state index in [2.05, 4.69) is 34.1 Å². The van der Waals surface area contributed by atoms with E-state index in [0.29, 0.717) is 24.1 Å². The molecular weight excluding hydrogens is 302 g/mol. The highest BCUT2D eigenvalue weighted by molar-refractivity contribution is 5.92. The fourth-order valence-electron chi connectivity index (χ4n) is 2.18. The first kappa shape index (κ1) is 17.8. The summed E-state index contributed by atoms with van der Waals surface area (Å²) in [5, 5.41) is 3.17. The van der Waals surface area contributed by atoms with Gasteiger partial charge in [0.25, 0.3) is 5.91 Å². The zero-order valence-electron chi connectivity index (χ0n) is 14.6. The van der Waals surface area contributed by atoms with Crippen LogP contribution in [0.25, 0.3) is 0 Å². The number of anilines is 1. The standard InChI is InChI=1S/C18H25N5O/c1-14(2)4-11-20-18-21-12-7-16(22-18)17(24)23(3)13-8-15-5-9-19-10-6-15/h5-7,9-10,12,14H,4,8,11,13H2,1-3H3,(H,20,21,22). The van der Waals surface area contributed by atoms with Crippen LogP contribution in [0, 0.1) is 5.92 Å². The lowest BCUT2D eigenvalue weighted by Crippen LogP contribution is -2.29. The van der Waals surface area contributed by atoms with Crippen LogP contribution in [0.2, 0.25) is 0 Å². The Balaban J connectivity index is 1.90. The van der Waals surface area contributed by atoms with Gasteiger partial charge in [0, 0.05) is 38.7 Å². The summed E-state index contributed by atoms with van der Waals surface area (Å²) in [6.45, 7) is 5.76. The number of nitrogens with one attached hydrogen (secondary N) is 1. The molecule has 0 saturated heterocycles. The molecule has 2 aromatic heterocycles. The van der Waals surface area contributed by atoms with Gasteiger partial charge in [-0.05, 0) is 42.5 Å². The molecule has 24 heavy (non-hydrogen) atoms. The first-order valence-corrected chi connectivity index (χ1v) is 8.27. The molecule has 0 unspecified atom stereocenters. The Labute approximate surface area is 143 Å². The molecule has 0 saturated carbocycles. The van der Waals surface area contributed by atoms with Crippen molar-refractivity contribution >= 4 is 11.9 Å². The zero-order chi connectivity index (χ0) is 17.4. The third-order valence-electron chi connectivity index (χ3n) is 3.71. The smallest absolute Gasteiger partial charge is 0.272 e. The minimum absolute atomic E-state index is 0.0987. The Kier molecular flexibility index (Phi) is 6.66. The molecule has 0 fully saturated rings. The van der Waals surface area contributed by atoms with Gasteiger partial charge in [0.05, 0.1) is 0 Å². The summed E-state index contributed by atoms with van der Waals surface area (Å²) < 4.78 is 0. The van der Waals surface area contributed by atoms with Gasteiger partial charge in [0.2, 0.25) is 5.95 Å². The number of hydrogen-bond donors (Lipinski definition) is 1. The van der Waals surface area contributed by atoms with E-state index in [1.807, 2.05) is 12.1 Å². The van der Waals surface area contributed by atoms with Crippen LogP contribution in [-0.4, -0.2) is 45.9 Å². The maximum Gasteiger partial charge on any atom is 0.272 e. The van der Waals surface area contributed by atoms with Crippen LogP contribution in [0.1, 0.15) is 36.3 Å². The highest BCUT2D eigenvalue weighted by atomic mass is 16.2. The first-order chi connectivity index (χ1) is 11.6. The summed E-state index contributed by atoms with van der Waals surface area (Å²) in [6.07, 6.45) is 6.96. The third-order valence-corrected chi connectivity index (χ3v) is 3.71. The Bertz CT molecular complexity index is 645. The summed E-state index contributed by atoms with van der Waals surface area (Å²) in [5.41, 5.74) is 1.57. The molecule has 0 bridgehead atoms. The molecule has 1 amide bonds. The number of hydrogen-bond acceptors (Lipinski definition) is 5. The van der Waals surface area contributed by atoms with Gasteiger partial charge in [-0.15, -0.1) is 0 Å². The molecule has 0 radical (unpaired) electrons. The van der Waals surface area contributed by atoms with Gasteiger partial charge in [-0.25, -0.2) is 9.97 Å². The van der Waals surface area contributed by atoms with Gasteiger partial charge in [-0.2, -0.15) is 0 Å². The molecule has 2 rings (SSSR count). The molecule has 0 aliphatic rings. The molecule has 6 heteroatoms. The summed E-state index contributed by atoms with van der Waals surface area (Å²) >= 11 is 0. The number of rotatable bonds is 8. The fraction of sp³-hybridized carbons (Fsp3) is 0.444. The molecule has 2 heterocycles. The zero-order valence-corrected chi connectivity index (χ0v) is 14.6. The summed E-state index contributed by atoms with van der Waals surface area (Å²) in [6, 6.07) is 5.57. The van der Waals surface area contributed by atoms with Gasteiger partial charge in [0.15, 0.2) is 0 Å². The van der Waals surface area contributed by atoms with Crippen molar-refractivity contribution in [1.29, 1.82) is 0 Å². The number of likely N-dealkylation sites (N-methyl/N-ethyl adjacent to an activating group) is 1. The van der Waals surface area contributed by atoms with E-state index in [1.54, 1.807) is 36.6 Å². The second-order valence-corrected chi connectivity index (χ2v) is 6.21. The van der Waals surface area contributed by atoms with Crippen LogP contribution in [0.15, 0.2) is 36.8 Å². The largest absolute Gasteiger partial charge is 0.354 e. The number of carbonyl (C=O) groups excluding carboxylic acids is 1. The Morgan fingerprint density at radius 1 is 1.21 bits per heavy atom. The van der Waals surface area contributed by atoms with Crippen molar-refractivity contribution in [1.82, 2.24) is 19.9 Å². The van der Waals surface area contributed by atoms with Crippen LogP contribution < -0.4 is 5.32 Å². The number of nitrogens with zero attached hydrogens (tertiary/aromatic N) is 4. The SMILES string of the molecule is CC(C)CCNc1nccc(C(=O)N(C)CCc2ccncc2)n1. The lowest BCUT2D eigenvalue weighted by atomic mass is 10.1. The van der Waals surface area contributed by atoms with Gasteiger partial charge < -0.3 is 10.2 Å². The molecule has 0 aromatic carbocycles. The minimum Gasteiger partial charge on any atom is -0.354 e. The average molecular weight is 327 g/mol. The predicted octanol–water partition coefficient (Wildman–Crippen LogP) is 2.64. The summed E-state index contributed by atoms with van der Waals surface area (Å²) in [5.74, 6) is 1.02. The van der Waals surface area contributed by atoms with Crippen LogP contribution in [0.4, 0.5) is 5.95 Å². The van der Waals surface area contributed by atoms with Gasteiger partial charge in [-0.1, -0.05) is 13.8 Å². The van der Waals surface area contributed by atoms with E-state index >= 15 is 0 Å². The van der Waals surface area contributed by atoms with Crippen molar-refractivity contribution < 1.29 is 4.79 Å². The lowest BCUT2D eigenvalue weighted by Gasteiger charge is -2.17. The third kappa shape index (κ3) is 5.61. The van der Waals surface area contributed by atoms with Crippen LogP contribution in [0.3, 0.4) is 0 Å². The second-order valence-electron chi connectivity index (χ2n) is 6.21. The van der Waals surface area contributed by atoms with Crippen LogP contribution >= 0.6 is 0 Å². The minimum atomic E-state index is -0.0987. The summed E-state index contributed by atoms with van der Waals surface area (Å²) in [4.78, 5) is 26.7. The van der Waals surface area contributed by atoms with Crippen molar-refractivity contribution in [3.05, 3.63) is 48.0 Å². The molecule has 0 spiro atoms. The van der Waals surface area contributed by atoms with E-state index in [9.17, 15) is 4.79 Å². The number of carbonyl (C=O) groups is 1. The molecule has 1 N–H and O–H groups in total. The normalized spacial score (nSPS) is 10.7. The van der Waals surface area contributed by atoms with Gasteiger partial charge in [-0.3, -0.25) is 9.78 Å². The maximum atomic E-state index is 12.5. The number of pyridine rings is 1. The fourth-order valence-corrected chi connectivity index (χ4v) is 2.18. The quantitative estimate of drug-likeness (QED) is 0.807. The molecule has 6 nitrogen and oxygen atoms in total. The van der Waals surface area contributed by atoms with Gasteiger partial charge >= 0.3 is 0 Å². The van der Waals surface area contributed by atoms with E-state index in [-0.39, 0.29) is 5.91 Å². The number of amides is 1. The van der Waals surface area contributed by atoms with Crippen molar-refractivity contribution in [2.45, 2.75) is 26.7 Å². The van der Waals surface area contributed by atoms with Crippen LogP contribution in [0.5, 0.6) is 0 Å². The van der Waals surface area contributed by atoms with Gasteiger partial charge in [0.1, 0.15) is 5.69 Å². The maximum absolute atomic E-state index is 12.5. The van der Waals surface area contributed by atoms with E-state index < -0.39 is 0 Å². The second kappa shape index (κ2) is 8.96. The predicted molar refractivity (Wildman–Crippen MR) is 94.9 cm³/mol. The van der Waals surface area contributed by atoms with Crippen molar-refractivity contribution in [3.8, 4) is 0 Å². The first-order valence-electron chi connectivity index (χ1n) is 8.27. The molecule has 0 atom stereocenters. The molecule has 2 aromatic rings. The van der Waals surface area contributed by atoms with E-state index in [4.69, 9.17) is 0 Å². The molecule has 0 aliphatic carbocycles. The Hall–Kier alpha value is -2.50. The highest BCUT2D eigenvalue weighted by Gasteiger charge is 2.14. The molecular formula is C18H25N5O. The topological polar surface area (TPSA) is 71.0 Å². The molecule has 128 valence electrons. The van der Waals surface area contributed by atoms with E-state index in [1.165, 1.54) is 0 Å². The van der Waals surface area contributed by atoms with Crippen LogP contribution in [-0.2, 0) is 6.42 Å². The monoisotopic (exact) mass is 327 g/mol. The molecule has 0 aliphatic heterocycles. The number of aromatic nitrogens is 3. The van der Waals surface area contributed by atoms with Crippen molar-refractivity contribution in [2.75, 3.05) is 25.5 Å². The highest BCUT2D eigenvalue weighted by Crippen LogP contribution is 2.07. The summed E-state index contributed by atoms with van der Waals surface area (Å²) in [7, 11) is 1.79. The van der Waals surface area contributed by atoms with Crippen molar-refractivity contribution in [3.63, 3.8) is 0 Å². The van der Waals surface area contributed by atoms with Crippen molar-refractivity contribution in [2.24, 2.45) is 5.92 Å². The Morgan fingerprint density at radius 3 is 2.67 bits per heavy atom.